The first-order chi connectivity index (χ1) is 28.2. The average Bonchev–Trinajstić information content (AvgIpc) is 3.60. The van der Waals surface area contributed by atoms with Crippen molar-refractivity contribution < 1.29 is 0 Å². The van der Waals surface area contributed by atoms with E-state index in [0.29, 0.717) is 17.5 Å². The van der Waals surface area contributed by atoms with E-state index >= 15 is 0 Å². The minimum Gasteiger partial charge on any atom is -0.208 e. The summed E-state index contributed by atoms with van der Waals surface area (Å²) in [5.41, 5.74) is 12.1. The maximum Gasteiger partial charge on any atom is 0.164 e. The molecule has 0 unspecified atom stereocenters. The molecule has 1 aliphatic rings. The normalized spacial score (nSPS) is 12.7. The zero-order valence-corrected chi connectivity index (χ0v) is 31.0. The zero-order valence-electron chi connectivity index (χ0n) is 31.0. The van der Waals surface area contributed by atoms with Gasteiger partial charge in [0.1, 0.15) is 0 Å². The van der Waals surface area contributed by atoms with Crippen molar-refractivity contribution in [3.63, 3.8) is 0 Å². The summed E-state index contributed by atoms with van der Waals surface area (Å²) in [4.78, 5) is 15.5. The van der Waals surface area contributed by atoms with Gasteiger partial charge in [-0.2, -0.15) is 0 Å². The quantitative estimate of drug-likeness (QED) is 0.171. The topological polar surface area (TPSA) is 38.7 Å². The van der Waals surface area contributed by atoms with Gasteiger partial charge >= 0.3 is 0 Å². The second kappa shape index (κ2) is 13.4. The van der Waals surface area contributed by atoms with Crippen LogP contribution in [0.2, 0.25) is 0 Å². The predicted octanol–water partition coefficient (Wildman–Crippen LogP) is 13.2. The molecule has 3 nitrogen and oxygen atoms in total. The molecular weight excluding hydrogens is 691 g/mol. The Morgan fingerprint density at radius 1 is 0.281 bits per heavy atom. The van der Waals surface area contributed by atoms with Crippen LogP contribution in [0.5, 0.6) is 0 Å². The number of benzene rings is 9. The molecule has 0 spiro atoms. The Kier molecular flexibility index (Phi) is 7.71. The molecule has 0 atom stereocenters. The lowest BCUT2D eigenvalue weighted by atomic mass is 9.66. The van der Waals surface area contributed by atoms with Crippen molar-refractivity contribution in [2.45, 2.75) is 5.41 Å². The molecule has 0 aliphatic heterocycles. The first kappa shape index (κ1) is 32.9. The molecule has 0 radical (unpaired) electrons. The van der Waals surface area contributed by atoms with E-state index < -0.39 is 5.41 Å². The van der Waals surface area contributed by atoms with E-state index in [0.717, 1.165) is 33.0 Å². The third-order valence-corrected chi connectivity index (χ3v) is 11.6. The van der Waals surface area contributed by atoms with E-state index in [1.54, 1.807) is 0 Å². The van der Waals surface area contributed by atoms with Crippen molar-refractivity contribution >= 4 is 21.5 Å². The second-order valence-electron chi connectivity index (χ2n) is 14.8. The van der Waals surface area contributed by atoms with Gasteiger partial charge in [-0.05, 0) is 84.3 Å². The number of nitrogens with zero attached hydrogens (tertiary/aromatic N) is 3. The fourth-order valence-electron chi connectivity index (χ4n) is 8.99. The Morgan fingerprint density at radius 3 is 1.32 bits per heavy atom. The Bertz CT molecular complexity index is 3000. The summed E-state index contributed by atoms with van der Waals surface area (Å²) in [5.74, 6) is 1.91. The van der Waals surface area contributed by atoms with Crippen molar-refractivity contribution in [2.24, 2.45) is 0 Å². The molecule has 1 aliphatic carbocycles. The van der Waals surface area contributed by atoms with E-state index in [1.165, 1.54) is 49.7 Å². The lowest BCUT2D eigenvalue weighted by Gasteiger charge is -2.35. The standard InChI is InChI=1S/C54H35N3/c1-3-21-44(22-4-1)54(45-23-5-2-6-24-45)49-28-12-11-25-47(49)48-27-14-26-46(50(48)54)40-19-13-20-41(35-40)51-55-52(42-31-29-36-15-7-9-17-38(36)33-42)57-53(56-51)43-32-30-37-16-8-10-18-39(37)34-43/h1-35H. The molecule has 3 heteroatoms. The Hall–Kier alpha value is -7.49. The van der Waals surface area contributed by atoms with Gasteiger partial charge in [-0.3, -0.25) is 0 Å². The highest BCUT2D eigenvalue weighted by Crippen LogP contribution is 2.58. The Balaban J connectivity index is 1.13. The van der Waals surface area contributed by atoms with Gasteiger partial charge in [0.2, 0.25) is 0 Å². The molecule has 1 aromatic heterocycles. The third-order valence-electron chi connectivity index (χ3n) is 11.6. The maximum atomic E-state index is 5.21. The van der Waals surface area contributed by atoms with Crippen LogP contribution in [0.3, 0.4) is 0 Å². The van der Waals surface area contributed by atoms with Crippen molar-refractivity contribution in [1.29, 1.82) is 0 Å². The number of aromatic nitrogens is 3. The number of hydrogen-bond donors (Lipinski definition) is 0. The van der Waals surface area contributed by atoms with Gasteiger partial charge < -0.3 is 0 Å². The molecular formula is C54H35N3. The molecule has 0 amide bonds. The summed E-state index contributed by atoms with van der Waals surface area (Å²) >= 11 is 0. The van der Waals surface area contributed by atoms with E-state index in [1.807, 2.05) is 0 Å². The van der Waals surface area contributed by atoms with Crippen LogP contribution in [0.4, 0.5) is 0 Å². The lowest BCUT2D eigenvalue weighted by molar-refractivity contribution is 0.770. The van der Waals surface area contributed by atoms with E-state index in [4.69, 9.17) is 15.0 Å². The summed E-state index contributed by atoms with van der Waals surface area (Å²) in [6.45, 7) is 0. The molecule has 11 rings (SSSR count). The summed E-state index contributed by atoms with van der Waals surface area (Å²) in [7, 11) is 0. The summed E-state index contributed by atoms with van der Waals surface area (Å²) in [5, 5.41) is 4.64. The molecule has 0 saturated heterocycles. The van der Waals surface area contributed by atoms with Crippen molar-refractivity contribution in [1.82, 2.24) is 15.0 Å². The number of rotatable bonds is 6. The van der Waals surface area contributed by atoms with Crippen LogP contribution >= 0.6 is 0 Å². The molecule has 1 heterocycles. The SMILES string of the molecule is c1ccc(C2(c3ccccc3)c3ccccc3-c3cccc(-c4cccc(-c5nc(-c6ccc7ccccc7c6)nc(-c6ccc7ccccc7c6)n5)c4)c32)cc1. The first-order valence-electron chi connectivity index (χ1n) is 19.4. The van der Waals surface area contributed by atoms with E-state index in [2.05, 4.69) is 212 Å². The molecule has 0 bridgehead atoms. The van der Waals surface area contributed by atoms with Crippen molar-refractivity contribution in [2.75, 3.05) is 0 Å². The van der Waals surface area contributed by atoms with Crippen LogP contribution in [0.25, 0.3) is 78.0 Å². The fraction of sp³-hybridized carbons (Fsp3) is 0.0185. The fourth-order valence-corrected chi connectivity index (χ4v) is 8.99. The molecule has 10 aromatic rings. The largest absolute Gasteiger partial charge is 0.208 e. The maximum absolute atomic E-state index is 5.21. The van der Waals surface area contributed by atoms with E-state index in [9.17, 15) is 0 Å². The highest BCUT2D eigenvalue weighted by molar-refractivity contribution is 5.93. The highest BCUT2D eigenvalue weighted by Gasteiger charge is 2.47. The van der Waals surface area contributed by atoms with Gasteiger partial charge in [-0.25, -0.2) is 15.0 Å². The first-order valence-corrected chi connectivity index (χ1v) is 19.4. The Labute approximate surface area is 331 Å². The minimum absolute atomic E-state index is 0.527. The van der Waals surface area contributed by atoms with Crippen LogP contribution in [0.1, 0.15) is 22.3 Å². The predicted molar refractivity (Wildman–Crippen MR) is 234 cm³/mol. The summed E-state index contributed by atoms with van der Waals surface area (Å²) < 4.78 is 0. The number of hydrogen-bond acceptors (Lipinski definition) is 3. The minimum atomic E-state index is -0.527. The Morgan fingerprint density at radius 2 is 0.719 bits per heavy atom. The number of fused-ring (bicyclic) bond motifs is 5. The highest BCUT2D eigenvalue weighted by atomic mass is 15.0. The van der Waals surface area contributed by atoms with Crippen molar-refractivity contribution in [3.8, 4) is 56.4 Å². The monoisotopic (exact) mass is 725 g/mol. The van der Waals surface area contributed by atoms with Gasteiger partial charge in [0.05, 0.1) is 5.41 Å². The summed E-state index contributed by atoms with van der Waals surface area (Å²) in [6.07, 6.45) is 0. The van der Waals surface area contributed by atoms with Gasteiger partial charge in [0, 0.05) is 16.7 Å². The summed E-state index contributed by atoms with van der Waals surface area (Å²) in [6, 6.07) is 76.0. The van der Waals surface area contributed by atoms with Gasteiger partial charge in [-0.1, -0.05) is 194 Å². The van der Waals surface area contributed by atoms with Crippen LogP contribution in [0.15, 0.2) is 212 Å². The van der Waals surface area contributed by atoms with Gasteiger partial charge in [0.15, 0.2) is 17.5 Å². The van der Waals surface area contributed by atoms with Crippen LogP contribution in [0, 0.1) is 0 Å². The molecule has 266 valence electrons. The third kappa shape index (κ3) is 5.39. The molecule has 0 fully saturated rings. The molecule has 9 aromatic carbocycles. The van der Waals surface area contributed by atoms with Crippen LogP contribution in [-0.4, -0.2) is 15.0 Å². The van der Waals surface area contributed by atoms with Crippen LogP contribution in [-0.2, 0) is 5.41 Å². The van der Waals surface area contributed by atoms with Crippen LogP contribution < -0.4 is 0 Å². The smallest absolute Gasteiger partial charge is 0.164 e. The van der Waals surface area contributed by atoms with Gasteiger partial charge in [0.25, 0.3) is 0 Å². The molecule has 57 heavy (non-hydrogen) atoms. The molecule has 0 N–H and O–H groups in total. The molecule has 0 saturated carbocycles. The van der Waals surface area contributed by atoms with E-state index in [-0.39, 0.29) is 0 Å². The lowest BCUT2D eigenvalue weighted by Crippen LogP contribution is -2.29. The average molecular weight is 726 g/mol. The second-order valence-corrected chi connectivity index (χ2v) is 14.8. The zero-order chi connectivity index (χ0) is 37.8. The van der Waals surface area contributed by atoms with Crippen molar-refractivity contribution in [3.05, 3.63) is 235 Å². The van der Waals surface area contributed by atoms with Gasteiger partial charge in [-0.15, -0.1) is 0 Å².